The van der Waals surface area contributed by atoms with Crippen LogP contribution in [0.4, 0.5) is 0 Å². The van der Waals surface area contributed by atoms with Crippen LogP contribution in [0.3, 0.4) is 0 Å². The number of ether oxygens (including phenoxy) is 2. The van der Waals surface area contributed by atoms with Crippen molar-refractivity contribution in [2.24, 2.45) is 0 Å². The first-order chi connectivity index (χ1) is 16.7. The molecule has 0 radical (unpaired) electrons. The van der Waals surface area contributed by atoms with Crippen LogP contribution >= 0.6 is 0 Å². The minimum absolute atomic E-state index is 0.0414. The van der Waals surface area contributed by atoms with Gasteiger partial charge >= 0.3 is 0 Å². The second kappa shape index (κ2) is 7.28. The summed E-state index contributed by atoms with van der Waals surface area (Å²) in [7, 11) is 0. The maximum atomic E-state index is 14.0. The fraction of sp³-hybridized carbons (Fsp3) is 0.308. The molecule has 0 amide bonds. The van der Waals surface area contributed by atoms with E-state index in [2.05, 4.69) is 0 Å². The summed E-state index contributed by atoms with van der Waals surface area (Å²) in [5, 5.41) is 0.514. The molecule has 2 aliphatic rings. The SMILES string of the molecule is Cc1nc2c(c(=O)n1C1CCCC1)c1nc3ccccc3nc1n2-c1ccc2c(c1)OCCO2. The Kier molecular flexibility index (Phi) is 4.18. The Morgan fingerprint density at radius 2 is 1.62 bits per heavy atom. The molecule has 1 fully saturated rings. The van der Waals surface area contributed by atoms with E-state index >= 15 is 0 Å². The highest BCUT2D eigenvalue weighted by molar-refractivity contribution is 6.05. The smallest absolute Gasteiger partial charge is 0.265 e. The van der Waals surface area contributed by atoms with Gasteiger partial charge in [-0.2, -0.15) is 0 Å². The third-order valence-electron chi connectivity index (χ3n) is 6.96. The minimum atomic E-state index is -0.0414. The van der Waals surface area contributed by atoms with Crippen LogP contribution in [0.1, 0.15) is 37.5 Å². The predicted molar refractivity (Wildman–Crippen MR) is 129 cm³/mol. The lowest BCUT2D eigenvalue weighted by Crippen LogP contribution is -2.27. The number of fused-ring (bicyclic) bond motifs is 5. The number of aryl methyl sites for hydroxylation is 1. The van der Waals surface area contributed by atoms with Gasteiger partial charge in [0, 0.05) is 12.1 Å². The van der Waals surface area contributed by atoms with E-state index in [-0.39, 0.29) is 11.6 Å². The molecule has 0 saturated heterocycles. The number of hydrogen-bond donors (Lipinski definition) is 0. The fourth-order valence-corrected chi connectivity index (χ4v) is 5.42. The zero-order chi connectivity index (χ0) is 22.8. The minimum Gasteiger partial charge on any atom is -0.486 e. The van der Waals surface area contributed by atoms with Crippen LogP contribution in [0.5, 0.6) is 11.5 Å². The molecule has 1 saturated carbocycles. The van der Waals surface area contributed by atoms with Crippen LogP contribution in [0.25, 0.3) is 38.9 Å². The van der Waals surface area contributed by atoms with Crippen LogP contribution in [-0.4, -0.2) is 37.3 Å². The van der Waals surface area contributed by atoms with Gasteiger partial charge in [0.15, 0.2) is 22.8 Å². The van der Waals surface area contributed by atoms with Crippen molar-refractivity contribution < 1.29 is 9.47 Å². The Morgan fingerprint density at radius 3 is 2.41 bits per heavy atom. The van der Waals surface area contributed by atoms with E-state index in [0.717, 1.165) is 48.2 Å². The van der Waals surface area contributed by atoms with Gasteiger partial charge in [0.1, 0.15) is 29.9 Å². The van der Waals surface area contributed by atoms with Crippen molar-refractivity contribution in [3.8, 4) is 17.2 Å². The van der Waals surface area contributed by atoms with E-state index in [1.54, 1.807) is 0 Å². The molecule has 1 aliphatic heterocycles. The molecule has 8 nitrogen and oxygen atoms in total. The van der Waals surface area contributed by atoms with E-state index in [4.69, 9.17) is 24.4 Å². The van der Waals surface area contributed by atoms with Crippen LogP contribution in [-0.2, 0) is 0 Å². The van der Waals surface area contributed by atoms with Gasteiger partial charge in [0.25, 0.3) is 5.56 Å². The lowest BCUT2D eigenvalue weighted by molar-refractivity contribution is 0.171. The van der Waals surface area contributed by atoms with Crippen LogP contribution in [0, 0.1) is 6.92 Å². The number of rotatable bonds is 2. The molecule has 0 spiro atoms. The molecular weight excluding hydrogens is 430 g/mol. The lowest BCUT2D eigenvalue weighted by atomic mass is 10.2. The lowest BCUT2D eigenvalue weighted by Gasteiger charge is -2.19. The van der Waals surface area contributed by atoms with Crippen LogP contribution < -0.4 is 15.0 Å². The number of hydrogen-bond acceptors (Lipinski definition) is 6. The number of para-hydroxylation sites is 2. The molecule has 0 unspecified atom stereocenters. The zero-order valence-electron chi connectivity index (χ0n) is 18.8. The summed E-state index contributed by atoms with van der Waals surface area (Å²) in [4.78, 5) is 28.8. The van der Waals surface area contributed by atoms with Crippen molar-refractivity contribution in [1.82, 2.24) is 24.1 Å². The largest absolute Gasteiger partial charge is 0.486 e. The van der Waals surface area contributed by atoms with Gasteiger partial charge in [-0.1, -0.05) is 25.0 Å². The molecule has 0 N–H and O–H groups in total. The van der Waals surface area contributed by atoms with Crippen LogP contribution in [0.2, 0.25) is 0 Å². The normalized spacial score (nSPS) is 16.1. The third kappa shape index (κ3) is 2.77. The van der Waals surface area contributed by atoms with Crippen molar-refractivity contribution in [2.45, 2.75) is 38.6 Å². The zero-order valence-corrected chi connectivity index (χ0v) is 18.8. The molecule has 4 heterocycles. The Morgan fingerprint density at radius 1 is 0.882 bits per heavy atom. The molecule has 3 aromatic heterocycles. The third-order valence-corrected chi connectivity index (χ3v) is 6.96. The quantitative estimate of drug-likeness (QED) is 0.392. The van der Waals surface area contributed by atoms with Crippen molar-refractivity contribution >= 4 is 33.2 Å². The summed E-state index contributed by atoms with van der Waals surface area (Å²) < 4.78 is 15.3. The molecule has 8 heteroatoms. The molecule has 1 aliphatic carbocycles. The molecule has 170 valence electrons. The number of nitrogens with zero attached hydrogens (tertiary/aromatic N) is 5. The molecule has 0 atom stereocenters. The first-order valence-corrected chi connectivity index (χ1v) is 11.8. The van der Waals surface area contributed by atoms with Gasteiger partial charge in [-0.15, -0.1) is 0 Å². The van der Waals surface area contributed by atoms with Crippen LogP contribution in [0.15, 0.2) is 47.3 Å². The van der Waals surface area contributed by atoms with Crippen molar-refractivity contribution in [1.29, 1.82) is 0 Å². The van der Waals surface area contributed by atoms with Gasteiger partial charge < -0.3 is 9.47 Å². The summed E-state index contributed by atoms with van der Waals surface area (Å²) in [5.74, 6) is 2.10. The van der Waals surface area contributed by atoms with Gasteiger partial charge in [-0.3, -0.25) is 13.9 Å². The maximum Gasteiger partial charge on any atom is 0.265 e. The van der Waals surface area contributed by atoms with E-state index in [1.165, 1.54) is 0 Å². The topological polar surface area (TPSA) is 84.1 Å². The second-order valence-electron chi connectivity index (χ2n) is 9.02. The van der Waals surface area contributed by atoms with Crippen molar-refractivity contribution in [2.75, 3.05) is 13.2 Å². The molecule has 34 heavy (non-hydrogen) atoms. The number of aromatic nitrogens is 5. The van der Waals surface area contributed by atoms with E-state index in [9.17, 15) is 4.79 Å². The Hall–Kier alpha value is -3.94. The van der Waals surface area contributed by atoms with Gasteiger partial charge in [0.2, 0.25) is 0 Å². The molecule has 0 bridgehead atoms. The Balaban J connectivity index is 1.60. The Bertz CT molecular complexity index is 1660. The molecular formula is C26H23N5O3. The summed E-state index contributed by atoms with van der Waals surface area (Å²) in [6, 6.07) is 13.7. The summed E-state index contributed by atoms with van der Waals surface area (Å²) in [5.41, 5.74) is 4.04. The van der Waals surface area contributed by atoms with E-state index in [1.807, 2.05) is 58.5 Å². The second-order valence-corrected chi connectivity index (χ2v) is 9.02. The van der Waals surface area contributed by atoms with Crippen molar-refractivity contribution in [3.05, 3.63) is 58.6 Å². The maximum absolute atomic E-state index is 14.0. The standard InChI is InChI=1S/C26H23N5O3/c1-15-27-24-22(26(32)30(15)16-6-2-3-7-16)23-25(29-19-9-5-4-8-18(19)28-23)31(24)17-10-11-20-21(14-17)34-13-12-33-20/h4-5,8-11,14,16H,2-3,6-7,12-13H2,1H3. The monoisotopic (exact) mass is 453 g/mol. The summed E-state index contributed by atoms with van der Waals surface area (Å²) in [6.07, 6.45) is 4.28. The highest BCUT2D eigenvalue weighted by Crippen LogP contribution is 2.36. The average molecular weight is 454 g/mol. The molecule has 2 aromatic carbocycles. The van der Waals surface area contributed by atoms with Crippen molar-refractivity contribution in [3.63, 3.8) is 0 Å². The highest BCUT2D eigenvalue weighted by atomic mass is 16.6. The average Bonchev–Trinajstić information content (AvgIpc) is 3.48. The summed E-state index contributed by atoms with van der Waals surface area (Å²) in [6.45, 7) is 2.94. The first-order valence-electron chi connectivity index (χ1n) is 11.8. The fourth-order valence-electron chi connectivity index (χ4n) is 5.42. The highest BCUT2D eigenvalue weighted by Gasteiger charge is 2.27. The first kappa shape index (κ1) is 19.5. The molecule has 5 aromatic rings. The summed E-state index contributed by atoms with van der Waals surface area (Å²) >= 11 is 0. The van der Waals surface area contributed by atoms with Gasteiger partial charge in [-0.25, -0.2) is 15.0 Å². The Labute approximate surface area is 194 Å². The molecule has 7 rings (SSSR count). The van der Waals surface area contributed by atoms with E-state index in [0.29, 0.717) is 46.9 Å². The predicted octanol–water partition coefficient (Wildman–Crippen LogP) is 4.48. The van der Waals surface area contributed by atoms with E-state index < -0.39 is 0 Å². The number of benzene rings is 2. The van der Waals surface area contributed by atoms with Gasteiger partial charge in [0.05, 0.1) is 16.7 Å². The van der Waals surface area contributed by atoms with Gasteiger partial charge in [-0.05, 0) is 44.0 Å².